The summed E-state index contributed by atoms with van der Waals surface area (Å²) in [7, 11) is 0. The van der Waals surface area contributed by atoms with Crippen LogP contribution in [0.15, 0.2) is 5.38 Å². The maximum atomic E-state index is 12.5. The van der Waals surface area contributed by atoms with Crippen molar-refractivity contribution in [2.75, 3.05) is 13.1 Å². The SMILES string of the molecule is O=C(O)CN(CC(F)(F)F)C(=O)c1csc2c1CCCC2. The predicted molar refractivity (Wildman–Crippen MR) is 70.6 cm³/mol. The smallest absolute Gasteiger partial charge is 0.406 e. The van der Waals surface area contributed by atoms with E-state index in [9.17, 15) is 22.8 Å². The first-order chi connectivity index (χ1) is 9.78. The summed E-state index contributed by atoms with van der Waals surface area (Å²) in [6.45, 7) is -2.51. The molecular weight excluding hydrogens is 307 g/mol. The van der Waals surface area contributed by atoms with E-state index in [-0.39, 0.29) is 5.56 Å². The molecule has 0 saturated carbocycles. The summed E-state index contributed by atoms with van der Waals surface area (Å²) in [6.07, 6.45) is -1.25. The molecule has 1 N–H and O–H groups in total. The normalized spacial score (nSPS) is 14.6. The fourth-order valence-electron chi connectivity index (χ4n) is 2.42. The second-order valence-corrected chi connectivity index (χ2v) is 5.89. The first-order valence-electron chi connectivity index (χ1n) is 6.45. The molecule has 1 aromatic rings. The minimum atomic E-state index is -4.62. The Bertz CT molecular complexity index is 553. The Hall–Kier alpha value is -1.57. The van der Waals surface area contributed by atoms with Crippen molar-refractivity contribution in [3.05, 3.63) is 21.4 Å². The van der Waals surface area contributed by atoms with Crippen LogP contribution < -0.4 is 0 Å². The molecule has 1 aliphatic carbocycles. The Morgan fingerprint density at radius 1 is 1.29 bits per heavy atom. The van der Waals surface area contributed by atoms with Crippen molar-refractivity contribution in [1.29, 1.82) is 0 Å². The van der Waals surface area contributed by atoms with E-state index >= 15 is 0 Å². The quantitative estimate of drug-likeness (QED) is 0.927. The van der Waals surface area contributed by atoms with Crippen molar-refractivity contribution < 1.29 is 27.9 Å². The number of hydrogen-bond donors (Lipinski definition) is 1. The standard InChI is InChI=1S/C13H14F3NO3S/c14-13(15,16)7-17(5-11(18)19)12(20)9-6-21-10-4-2-1-3-8(9)10/h6H,1-5,7H2,(H,18,19). The minimum absolute atomic E-state index is 0.222. The third kappa shape index (κ3) is 3.96. The fraction of sp³-hybridized carbons (Fsp3) is 0.538. The van der Waals surface area contributed by atoms with Gasteiger partial charge in [-0.2, -0.15) is 13.2 Å². The number of nitrogens with zero attached hydrogens (tertiary/aromatic N) is 1. The third-order valence-corrected chi connectivity index (χ3v) is 4.36. The number of rotatable bonds is 4. The molecule has 0 spiro atoms. The lowest BCUT2D eigenvalue weighted by atomic mass is 9.95. The van der Waals surface area contributed by atoms with E-state index in [4.69, 9.17) is 5.11 Å². The van der Waals surface area contributed by atoms with Crippen LogP contribution in [0.2, 0.25) is 0 Å². The van der Waals surface area contributed by atoms with E-state index in [0.29, 0.717) is 11.3 Å². The van der Waals surface area contributed by atoms with Gasteiger partial charge in [0.2, 0.25) is 0 Å². The molecular formula is C13H14F3NO3S. The molecule has 0 aromatic carbocycles. The van der Waals surface area contributed by atoms with Crippen LogP contribution in [-0.4, -0.2) is 41.1 Å². The van der Waals surface area contributed by atoms with E-state index < -0.39 is 31.1 Å². The Morgan fingerprint density at radius 3 is 2.57 bits per heavy atom. The van der Waals surface area contributed by atoms with E-state index in [1.807, 2.05) is 0 Å². The number of carbonyl (C=O) groups is 2. The Balaban J connectivity index is 2.25. The fourth-order valence-corrected chi connectivity index (χ4v) is 3.54. The van der Waals surface area contributed by atoms with Crippen LogP contribution in [0.4, 0.5) is 13.2 Å². The highest BCUT2D eigenvalue weighted by molar-refractivity contribution is 7.10. The van der Waals surface area contributed by atoms with Crippen LogP contribution in [0, 0.1) is 0 Å². The topological polar surface area (TPSA) is 57.6 Å². The van der Waals surface area contributed by atoms with Crippen LogP contribution >= 0.6 is 11.3 Å². The number of thiophene rings is 1. The van der Waals surface area contributed by atoms with Gasteiger partial charge in [0, 0.05) is 10.3 Å². The van der Waals surface area contributed by atoms with Crippen LogP contribution in [0.3, 0.4) is 0 Å². The largest absolute Gasteiger partial charge is 0.480 e. The number of amides is 1. The van der Waals surface area contributed by atoms with E-state index in [2.05, 4.69) is 0 Å². The molecule has 4 nitrogen and oxygen atoms in total. The van der Waals surface area contributed by atoms with Gasteiger partial charge in [-0.1, -0.05) is 0 Å². The molecule has 0 bridgehead atoms. The number of fused-ring (bicyclic) bond motifs is 1. The molecule has 0 radical (unpaired) electrons. The summed E-state index contributed by atoms with van der Waals surface area (Å²) in [6, 6.07) is 0. The number of aryl methyl sites for hydroxylation is 1. The van der Waals surface area contributed by atoms with Crippen molar-refractivity contribution in [1.82, 2.24) is 4.90 Å². The summed E-state index contributed by atoms with van der Waals surface area (Å²) < 4.78 is 37.5. The number of halogens is 3. The average Bonchev–Trinajstić information content (AvgIpc) is 2.78. The van der Waals surface area contributed by atoms with Crippen molar-refractivity contribution in [2.45, 2.75) is 31.9 Å². The molecule has 1 aromatic heterocycles. The average molecular weight is 321 g/mol. The molecule has 116 valence electrons. The van der Waals surface area contributed by atoms with E-state index in [1.54, 1.807) is 5.38 Å². The minimum Gasteiger partial charge on any atom is -0.480 e. The van der Waals surface area contributed by atoms with Gasteiger partial charge in [0.25, 0.3) is 5.91 Å². The van der Waals surface area contributed by atoms with Crippen LogP contribution in [0.1, 0.15) is 33.6 Å². The Morgan fingerprint density at radius 2 is 1.95 bits per heavy atom. The van der Waals surface area contributed by atoms with Gasteiger partial charge < -0.3 is 10.0 Å². The highest BCUT2D eigenvalue weighted by Gasteiger charge is 2.35. The second kappa shape index (κ2) is 6.05. The predicted octanol–water partition coefficient (Wildman–Crippen LogP) is 2.72. The van der Waals surface area contributed by atoms with Gasteiger partial charge in [-0.15, -0.1) is 11.3 Å². The van der Waals surface area contributed by atoms with E-state index in [0.717, 1.165) is 29.7 Å². The maximum absolute atomic E-state index is 12.5. The lowest BCUT2D eigenvalue weighted by Crippen LogP contribution is -2.42. The third-order valence-electron chi connectivity index (χ3n) is 3.28. The van der Waals surface area contributed by atoms with Gasteiger partial charge in [0.1, 0.15) is 13.1 Å². The van der Waals surface area contributed by atoms with Crippen molar-refractivity contribution in [2.24, 2.45) is 0 Å². The van der Waals surface area contributed by atoms with Gasteiger partial charge in [-0.05, 0) is 31.2 Å². The van der Waals surface area contributed by atoms with Crippen molar-refractivity contribution >= 4 is 23.2 Å². The summed E-state index contributed by atoms with van der Waals surface area (Å²) in [5.74, 6) is -2.31. The molecule has 1 heterocycles. The van der Waals surface area contributed by atoms with Crippen LogP contribution in [0.5, 0.6) is 0 Å². The van der Waals surface area contributed by atoms with Crippen LogP contribution in [0.25, 0.3) is 0 Å². The number of carboxylic acid groups (broad SMARTS) is 1. The number of hydrogen-bond acceptors (Lipinski definition) is 3. The molecule has 0 aliphatic heterocycles. The van der Waals surface area contributed by atoms with Crippen molar-refractivity contribution in [3.8, 4) is 0 Å². The number of aliphatic carboxylic acids is 1. The molecule has 21 heavy (non-hydrogen) atoms. The summed E-state index contributed by atoms with van der Waals surface area (Å²) in [5.41, 5.74) is 1.01. The second-order valence-electron chi connectivity index (χ2n) is 4.93. The zero-order valence-corrected chi connectivity index (χ0v) is 11.9. The van der Waals surface area contributed by atoms with Gasteiger partial charge in [0.05, 0.1) is 5.56 Å². The molecule has 8 heteroatoms. The van der Waals surface area contributed by atoms with Crippen LogP contribution in [-0.2, 0) is 17.6 Å². The molecule has 1 amide bonds. The lowest BCUT2D eigenvalue weighted by molar-refractivity contribution is -0.149. The molecule has 0 fully saturated rings. The zero-order chi connectivity index (χ0) is 15.6. The molecule has 0 atom stereocenters. The lowest BCUT2D eigenvalue weighted by Gasteiger charge is -2.23. The van der Waals surface area contributed by atoms with Crippen molar-refractivity contribution in [3.63, 3.8) is 0 Å². The summed E-state index contributed by atoms with van der Waals surface area (Å²) in [4.78, 5) is 24.3. The summed E-state index contributed by atoms with van der Waals surface area (Å²) >= 11 is 1.36. The molecule has 2 rings (SSSR count). The molecule has 1 aliphatic rings. The Kier molecular flexibility index (Phi) is 4.55. The van der Waals surface area contributed by atoms with Gasteiger partial charge in [-0.3, -0.25) is 9.59 Å². The number of carbonyl (C=O) groups excluding carboxylic acids is 1. The van der Waals surface area contributed by atoms with E-state index in [1.165, 1.54) is 11.3 Å². The summed E-state index contributed by atoms with van der Waals surface area (Å²) in [5, 5.41) is 10.3. The Labute approximate surface area is 123 Å². The number of alkyl halides is 3. The highest BCUT2D eigenvalue weighted by atomic mass is 32.1. The first kappa shape index (κ1) is 15.8. The maximum Gasteiger partial charge on any atom is 0.406 e. The number of carboxylic acids is 1. The zero-order valence-electron chi connectivity index (χ0n) is 11.1. The van der Waals surface area contributed by atoms with Gasteiger partial charge in [-0.25, -0.2) is 0 Å². The molecule has 0 saturated heterocycles. The molecule has 0 unspecified atom stereocenters. The van der Waals surface area contributed by atoms with Gasteiger partial charge >= 0.3 is 12.1 Å². The van der Waals surface area contributed by atoms with Gasteiger partial charge in [0.15, 0.2) is 0 Å². The highest BCUT2D eigenvalue weighted by Crippen LogP contribution is 2.31. The first-order valence-corrected chi connectivity index (χ1v) is 7.33. The monoisotopic (exact) mass is 321 g/mol.